The van der Waals surface area contributed by atoms with Gasteiger partial charge < -0.3 is 14.5 Å². The molecule has 6 nitrogen and oxygen atoms in total. The number of nitrogens with one attached hydrogen (secondary N) is 1. The van der Waals surface area contributed by atoms with Crippen molar-refractivity contribution in [2.24, 2.45) is 5.92 Å². The number of aromatic nitrogens is 2. The van der Waals surface area contributed by atoms with Crippen molar-refractivity contribution >= 4 is 5.97 Å². The lowest BCUT2D eigenvalue weighted by atomic mass is 10.00. The third-order valence-corrected chi connectivity index (χ3v) is 2.16. The highest BCUT2D eigenvalue weighted by atomic mass is 16.5. The molecule has 6 heteroatoms. The van der Waals surface area contributed by atoms with Gasteiger partial charge in [-0.15, -0.1) is 10.2 Å². The summed E-state index contributed by atoms with van der Waals surface area (Å²) in [5, 5.41) is 10.5. The maximum absolute atomic E-state index is 11.0. The van der Waals surface area contributed by atoms with E-state index in [0.29, 0.717) is 11.8 Å². The fourth-order valence-corrected chi connectivity index (χ4v) is 1.25. The Kier molecular flexibility index (Phi) is 2.45. The van der Waals surface area contributed by atoms with Crippen molar-refractivity contribution < 1.29 is 13.9 Å². The minimum Gasteiger partial charge on any atom is -0.462 e. The first-order chi connectivity index (χ1) is 6.79. The van der Waals surface area contributed by atoms with Crippen LogP contribution in [0.3, 0.4) is 0 Å². The van der Waals surface area contributed by atoms with Crippen molar-refractivity contribution in [1.29, 1.82) is 0 Å². The van der Waals surface area contributed by atoms with E-state index < -0.39 is 5.97 Å². The van der Waals surface area contributed by atoms with E-state index in [0.717, 1.165) is 19.5 Å². The monoisotopic (exact) mass is 197 g/mol. The molecule has 2 rings (SSSR count). The summed E-state index contributed by atoms with van der Waals surface area (Å²) in [7, 11) is 1.28. The second kappa shape index (κ2) is 3.75. The van der Waals surface area contributed by atoms with E-state index in [4.69, 9.17) is 4.42 Å². The van der Waals surface area contributed by atoms with Crippen molar-refractivity contribution in [3.8, 4) is 0 Å². The van der Waals surface area contributed by atoms with Crippen LogP contribution in [0.15, 0.2) is 4.42 Å². The van der Waals surface area contributed by atoms with E-state index in [9.17, 15) is 4.79 Å². The van der Waals surface area contributed by atoms with E-state index in [1.807, 2.05) is 0 Å². The summed E-state index contributed by atoms with van der Waals surface area (Å²) in [6.07, 6.45) is 0.719. The number of hydrogen-bond acceptors (Lipinski definition) is 6. The summed E-state index contributed by atoms with van der Waals surface area (Å²) in [6.45, 7) is 1.94. The first-order valence-electron chi connectivity index (χ1n) is 4.41. The van der Waals surface area contributed by atoms with Crippen LogP contribution in [-0.2, 0) is 11.2 Å². The van der Waals surface area contributed by atoms with Crippen molar-refractivity contribution in [2.45, 2.75) is 6.42 Å². The van der Waals surface area contributed by atoms with Crippen LogP contribution in [0, 0.1) is 5.92 Å². The van der Waals surface area contributed by atoms with Gasteiger partial charge in [0.05, 0.1) is 7.11 Å². The summed E-state index contributed by atoms with van der Waals surface area (Å²) in [5.74, 6) is 0.378. The summed E-state index contributed by atoms with van der Waals surface area (Å²) >= 11 is 0. The molecule has 0 unspecified atom stereocenters. The van der Waals surface area contributed by atoms with Gasteiger partial charge in [0, 0.05) is 6.42 Å². The average Bonchev–Trinajstić information content (AvgIpc) is 2.58. The van der Waals surface area contributed by atoms with Crippen LogP contribution >= 0.6 is 0 Å². The molecule has 0 radical (unpaired) electrons. The molecule has 76 valence electrons. The number of esters is 1. The van der Waals surface area contributed by atoms with Crippen LogP contribution in [0.4, 0.5) is 0 Å². The van der Waals surface area contributed by atoms with E-state index in [-0.39, 0.29) is 5.89 Å². The highest BCUT2D eigenvalue weighted by molar-refractivity contribution is 5.83. The predicted octanol–water partition coefficient (Wildman–Crippen LogP) is -0.382. The lowest BCUT2D eigenvalue weighted by molar-refractivity contribution is 0.0553. The van der Waals surface area contributed by atoms with Crippen LogP contribution < -0.4 is 5.32 Å². The number of carbonyl (C=O) groups is 1. The molecule has 0 aromatic carbocycles. The Morgan fingerprint density at radius 1 is 1.64 bits per heavy atom. The molecule has 0 aliphatic carbocycles. The highest BCUT2D eigenvalue weighted by Crippen LogP contribution is 2.11. The summed E-state index contributed by atoms with van der Waals surface area (Å²) in [6, 6.07) is 0. The SMILES string of the molecule is COC(=O)c1nnc(CC2CNC2)o1. The van der Waals surface area contributed by atoms with E-state index >= 15 is 0 Å². The van der Waals surface area contributed by atoms with Gasteiger partial charge in [-0.25, -0.2) is 4.79 Å². The maximum atomic E-state index is 11.0. The first-order valence-corrected chi connectivity index (χ1v) is 4.41. The topological polar surface area (TPSA) is 77.2 Å². The third-order valence-electron chi connectivity index (χ3n) is 2.16. The van der Waals surface area contributed by atoms with Crippen LogP contribution in [-0.4, -0.2) is 36.4 Å². The zero-order valence-electron chi connectivity index (χ0n) is 7.82. The molecule has 0 atom stereocenters. The second-order valence-corrected chi connectivity index (χ2v) is 3.22. The number of hydrogen-bond donors (Lipinski definition) is 1. The average molecular weight is 197 g/mol. The van der Waals surface area contributed by atoms with Gasteiger partial charge in [0.25, 0.3) is 0 Å². The molecule has 0 bridgehead atoms. The zero-order valence-corrected chi connectivity index (χ0v) is 7.82. The molecule has 0 saturated carbocycles. The van der Waals surface area contributed by atoms with Crippen LogP contribution in [0.1, 0.15) is 16.6 Å². The Hall–Kier alpha value is -1.43. The fourth-order valence-electron chi connectivity index (χ4n) is 1.25. The van der Waals surface area contributed by atoms with Crippen molar-refractivity contribution in [3.63, 3.8) is 0 Å². The molecule has 1 aliphatic heterocycles. The first kappa shape index (κ1) is 9.14. The molecule has 1 aromatic heterocycles. The quantitative estimate of drug-likeness (QED) is 0.665. The van der Waals surface area contributed by atoms with Crippen LogP contribution in [0.25, 0.3) is 0 Å². The lowest BCUT2D eigenvalue weighted by Crippen LogP contribution is -2.43. The largest absolute Gasteiger partial charge is 0.462 e. The Morgan fingerprint density at radius 2 is 2.43 bits per heavy atom. The lowest BCUT2D eigenvalue weighted by Gasteiger charge is -2.25. The molecular weight excluding hydrogens is 186 g/mol. The zero-order chi connectivity index (χ0) is 9.97. The smallest absolute Gasteiger partial charge is 0.396 e. The number of ether oxygens (including phenoxy) is 1. The molecule has 0 spiro atoms. The predicted molar refractivity (Wildman–Crippen MR) is 45.7 cm³/mol. The van der Waals surface area contributed by atoms with Gasteiger partial charge in [-0.3, -0.25) is 0 Å². The number of methoxy groups -OCH3 is 1. The molecule has 1 fully saturated rings. The molecule has 1 saturated heterocycles. The van der Waals surface area contributed by atoms with Crippen LogP contribution in [0.5, 0.6) is 0 Å². The summed E-state index contributed by atoms with van der Waals surface area (Å²) in [5.41, 5.74) is 0. The molecular formula is C8H11N3O3. The molecule has 2 heterocycles. The van der Waals surface area contributed by atoms with Gasteiger partial charge in [-0.05, 0) is 19.0 Å². The van der Waals surface area contributed by atoms with E-state index in [2.05, 4.69) is 20.3 Å². The van der Waals surface area contributed by atoms with Gasteiger partial charge in [-0.2, -0.15) is 0 Å². The minimum atomic E-state index is -0.588. The van der Waals surface area contributed by atoms with E-state index in [1.54, 1.807) is 0 Å². The van der Waals surface area contributed by atoms with Gasteiger partial charge in [0.1, 0.15) is 0 Å². The molecule has 1 aliphatic rings. The third kappa shape index (κ3) is 1.74. The maximum Gasteiger partial charge on any atom is 0.396 e. The van der Waals surface area contributed by atoms with Gasteiger partial charge in [0.15, 0.2) is 0 Å². The Labute approximate surface area is 80.6 Å². The minimum absolute atomic E-state index is 0.0743. The normalized spacial score (nSPS) is 16.4. The Morgan fingerprint density at radius 3 is 3.00 bits per heavy atom. The molecule has 1 aromatic rings. The second-order valence-electron chi connectivity index (χ2n) is 3.22. The highest BCUT2D eigenvalue weighted by Gasteiger charge is 2.21. The van der Waals surface area contributed by atoms with Crippen molar-refractivity contribution in [2.75, 3.05) is 20.2 Å². The van der Waals surface area contributed by atoms with Crippen LogP contribution in [0.2, 0.25) is 0 Å². The molecule has 0 amide bonds. The summed E-state index contributed by atoms with van der Waals surface area (Å²) in [4.78, 5) is 11.0. The molecule has 14 heavy (non-hydrogen) atoms. The van der Waals surface area contributed by atoms with E-state index in [1.165, 1.54) is 7.11 Å². The fraction of sp³-hybridized carbons (Fsp3) is 0.625. The number of rotatable bonds is 3. The van der Waals surface area contributed by atoms with Crippen molar-refractivity contribution in [1.82, 2.24) is 15.5 Å². The van der Waals surface area contributed by atoms with Crippen molar-refractivity contribution in [3.05, 3.63) is 11.8 Å². The Balaban J connectivity index is 1.98. The van der Waals surface area contributed by atoms with Gasteiger partial charge in [-0.1, -0.05) is 0 Å². The van der Waals surface area contributed by atoms with Gasteiger partial charge >= 0.3 is 11.9 Å². The molecule has 1 N–H and O–H groups in total. The Bertz CT molecular complexity index is 332. The number of nitrogens with zero attached hydrogens (tertiary/aromatic N) is 2. The number of carbonyl (C=O) groups excluding carboxylic acids is 1. The van der Waals surface area contributed by atoms with Gasteiger partial charge in [0.2, 0.25) is 5.89 Å². The summed E-state index contributed by atoms with van der Waals surface area (Å²) < 4.78 is 9.57. The standard InChI is InChI=1S/C8H11N3O3/c1-13-8(12)7-11-10-6(14-7)2-5-3-9-4-5/h5,9H,2-4H2,1H3.